The van der Waals surface area contributed by atoms with Crippen molar-refractivity contribution in [3.63, 3.8) is 0 Å². The molecule has 2 unspecified atom stereocenters. The lowest BCUT2D eigenvalue weighted by Gasteiger charge is -2.12. The fourth-order valence-corrected chi connectivity index (χ4v) is 2.63. The number of hydrogen-bond acceptors (Lipinski definition) is 3. The highest BCUT2D eigenvalue weighted by molar-refractivity contribution is 9.10. The predicted molar refractivity (Wildman–Crippen MR) is 66.8 cm³/mol. The van der Waals surface area contributed by atoms with Gasteiger partial charge in [0.2, 0.25) is 0 Å². The van der Waals surface area contributed by atoms with E-state index in [0.717, 1.165) is 22.2 Å². The number of nitrogens with one attached hydrogen (secondary N) is 1. The van der Waals surface area contributed by atoms with Crippen molar-refractivity contribution in [1.29, 1.82) is 0 Å². The third kappa shape index (κ3) is 2.24. The highest BCUT2D eigenvalue weighted by atomic mass is 79.9. The van der Waals surface area contributed by atoms with Gasteiger partial charge in [-0.05, 0) is 53.2 Å². The van der Waals surface area contributed by atoms with Crippen LogP contribution in [0.1, 0.15) is 24.2 Å². The number of likely N-dealkylation sites (N-methyl/N-ethyl adjacent to an activating group) is 1. The first-order valence-electron chi connectivity index (χ1n) is 5.43. The molecule has 0 bridgehead atoms. The molecule has 16 heavy (non-hydrogen) atoms. The van der Waals surface area contributed by atoms with Gasteiger partial charge in [0.05, 0.1) is 10.6 Å². The normalized spacial score (nSPS) is 20.4. The summed E-state index contributed by atoms with van der Waals surface area (Å²) in [7, 11) is 1.83. The zero-order valence-electron chi connectivity index (χ0n) is 9.46. The van der Waals surface area contributed by atoms with Gasteiger partial charge in [-0.25, -0.2) is 0 Å². The average molecular weight is 286 g/mol. The molecule has 3 nitrogen and oxygen atoms in total. The summed E-state index contributed by atoms with van der Waals surface area (Å²) < 4.78 is 6.62. The van der Waals surface area contributed by atoms with Gasteiger partial charge in [0, 0.05) is 13.0 Å². The number of ether oxygens (including phenoxy) is 1. The van der Waals surface area contributed by atoms with Crippen LogP contribution in [0.15, 0.2) is 16.6 Å². The molecular formula is C12H16BrNO2. The largest absolute Gasteiger partial charge is 0.489 e. The molecule has 0 radical (unpaired) electrons. The Morgan fingerprint density at radius 2 is 2.38 bits per heavy atom. The van der Waals surface area contributed by atoms with Gasteiger partial charge in [-0.1, -0.05) is 0 Å². The summed E-state index contributed by atoms with van der Waals surface area (Å²) in [5, 5.41) is 12.9. The topological polar surface area (TPSA) is 41.5 Å². The van der Waals surface area contributed by atoms with E-state index in [1.54, 1.807) is 0 Å². The first-order chi connectivity index (χ1) is 7.61. The zero-order chi connectivity index (χ0) is 11.7. The Hall–Kier alpha value is -0.580. The Balaban J connectivity index is 2.31. The van der Waals surface area contributed by atoms with Gasteiger partial charge in [-0.3, -0.25) is 0 Å². The van der Waals surface area contributed by atoms with Gasteiger partial charge in [0.25, 0.3) is 0 Å². The Bertz CT molecular complexity index is 395. The highest BCUT2D eigenvalue weighted by Gasteiger charge is 2.23. The summed E-state index contributed by atoms with van der Waals surface area (Å²) in [6.45, 7) is 2.61. The van der Waals surface area contributed by atoms with Crippen molar-refractivity contribution in [2.24, 2.45) is 0 Å². The van der Waals surface area contributed by atoms with E-state index < -0.39 is 6.10 Å². The molecule has 0 amide bonds. The summed E-state index contributed by atoms with van der Waals surface area (Å²) >= 11 is 3.49. The minimum absolute atomic E-state index is 0.225. The highest BCUT2D eigenvalue weighted by Crippen LogP contribution is 2.38. The summed E-state index contributed by atoms with van der Waals surface area (Å²) in [6.07, 6.45) is 0.666. The van der Waals surface area contributed by atoms with Crippen LogP contribution in [0.5, 0.6) is 5.75 Å². The quantitative estimate of drug-likeness (QED) is 0.893. The van der Waals surface area contributed by atoms with Crippen LogP contribution in [0.4, 0.5) is 0 Å². The van der Waals surface area contributed by atoms with Crippen LogP contribution in [0.25, 0.3) is 0 Å². The molecule has 0 saturated heterocycles. The van der Waals surface area contributed by atoms with Crippen LogP contribution >= 0.6 is 15.9 Å². The minimum atomic E-state index is -0.470. The molecule has 0 aromatic heterocycles. The molecule has 2 N–H and O–H groups in total. The second-order valence-electron chi connectivity index (χ2n) is 4.20. The van der Waals surface area contributed by atoms with Crippen LogP contribution < -0.4 is 10.1 Å². The molecule has 0 spiro atoms. The van der Waals surface area contributed by atoms with Gasteiger partial charge < -0.3 is 15.2 Å². The van der Waals surface area contributed by atoms with Gasteiger partial charge in [0.1, 0.15) is 11.9 Å². The number of fused-ring (bicyclic) bond motifs is 1. The van der Waals surface area contributed by atoms with E-state index in [-0.39, 0.29) is 6.10 Å². The lowest BCUT2D eigenvalue weighted by Crippen LogP contribution is -2.16. The van der Waals surface area contributed by atoms with Crippen LogP contribution in [-0.4, -0.2) is 24.8 Å². The number of hydrogen-bond donors (Lipinski definition) is 2. The second kappa shape index (κ2) is 4.73. The Kier molecular flexibility index (Phi) is 3.52. The molecule has 1 heterocycles. The number of halogens is 1. The van der Waals surface area contributed by atoms with Crippen LogP contribution in [0.3, 0.4) is 0 Å². The molecule has 1 aromatic rings. The molecular weight excluding hydrogens is 270 g/mol. The van der Waals surface area contributed by atoms with Crippen molar-refractivity contribution in [2.75, 3.05) is 13.6 Å². The van der Waals surface area contributed by atoms with E-state index in [0.29, 0.717) is 6.54 Å². The lowest BCUT2D eigenvalue weighted by atomic mass is 10.0. The molecule has 2 rings (SSSR count). The summed E-state index contributed by atoms with van der Waals surface area (Å²) in [6, 6.07) is 3.96. The summed E-state index contributed by atoms with van der Waals surface area (Å²) in [5.41, 5.74) is 2.10. The smallest absolute Gasteiger partial charge is 0.137 e. The van der Waals surface area contributed by atoms with E-state index >= 15 is 0 Å². The monoisotopic (exact) mass is 285 g/mol. The average Bonchev–Trinajstić information content (AvgIpc) is 2.59. The SMILES string of the molecule is CNCC(O)c1cc(Br)c2c(c1)CC(C)O2. The van der Waals surface area contributed by atoms with E-state index in [1.807, 2.05) is 19.2 Å². The molecule has 1 aliphatic heterocycles. The van der Waals surface area contributed by atoms with Crippen molar-refractivity contribution in [3.05, 3.63) is 27.7 Å². The number of benzene rings is 1. The molecule has 2 atom stereocenters. The molecule has 0 fully saturated rings. The van der Waals surface area contributed by atoms with Gasteiger partial charge >= 0.3 is 0 Å². The molecule has 1 aromatic carbocycles. The standard InChI is InChI=1S/C12H16BrNO2/c1-7-3-9-4-8(11(15)6-14-2)5-10(13)12(9)16-7/h4-5,7,11,14-15H,3,6H2,1-2H3. The molecule has 88 valence electrons. The van der Waals surface area contributed by atoms with Crippen molar-refractivity contribution >= 4 is 15.9 Å². The Morgan fingerprint density at radius 3 is 3.06 bits per heavy atom. The summed E-state index contributed by atoms with van der Waals surface area (Å²) in [4.78, 5) is 0. The lowest BCUT2D eigenvalue weighted by molar-refractivity contribution is 0.177. The third-order valence-electron chi connectivity index (χ3n) is 2.75. The van der Waals surface area contributed by atoms with Gasteiger partial charge in [-0.15, -0.1) is 0 Å². The van der Waals surface area contributed by atoms with E-state index in [1.165, 1.54) is 5.56 Å². The number of aliphatic hydroxyl groups excluding tert-OH is 1. The van der Waals surface area contributed by atoms with Crippen molar-refractivity contribution in [3.8, 4) is 5.75 Å². The van der Waals surface area contributed by atoms with E-state index in [9.17, 15) is 5.11 Å². The maximum atomic E-state index is 9.92. The van der Waals surface area contributed by atoms with Crippen LogP contribution in [-0.2, 0) is 6.42 Å². The maximum absolute atomic E-state index is 9.92. The van der Waals surface area contributed by atoms with E-state index in [4.69, 9.17) is 4.74 Å². The van der Waals surface area contributed by atoms with Crippen LogP contribution in [0.2, 0.25) is 0 Å². The Morgan fingerprint density at radius 1 is 1.62 bits per heavy atom. The fourth-order valence-electron chi connectivity index (χ4n) is 2.01. The van der Waals surface area contributed by atoms with Crippen molar-refractivity contribution < 1.29 is 9.84 Å². The van der Waals surface area contributed by atoms with Crippen molar-refractivity contribution in [1.82, 2.24) is 5.32 Å². The minimum Gasteiger partial charge on any atom is -0.489 e. The van der Waals surface area contributed by atoms with Gasteiger partial charge in [0.15, 0.2) is 0 Å². The number of aliphatic hydroxyl groups is 1. The first-order valence-corrected chi connectivity index (χ1v) is 6.22. The van der Waals surface area contributed by atoms with E-state index in [2.05, 4.69) is 28.2 Å². The Labute approximate surface area is 104 Å². The molecule has 0 aliphatic carbocycles. The zero-order valence-corrected chi connectivity index (χ0v) is 11.0. The second-order valence-corrected chi connectivity index (χ2v) is 5.05. The molecule has 4 heteroatoms. The predicted octanol–water partition coefficient (Wildman–Crippen LogP) is 2.03. The molecule has 0 saturated carbocycles. The third-order valence-corrected chi connectivity index (χ3v) is 3.34. The summed E-state index contributed by atoms with van der Waals surface area (Å²) in [5.74, 6) is 0.924. The van der Waals surface area contributed by atoms with Crippen LogP contribution in [0, 0.1) is 0 Å². The first kappa shape index (κ1) is 11.9. The molecule has 1 aliphatic rings. The maximum Gasteiger partial charge on any atom is 0.137 e. The number of rotatable bonds is 3. The van der Waals surface area contributed by atoms with Gasteiger partial charge in [-0.2, -0.15) is 0 Å². The van der Waals surface area contributed by atoms with Crippen molar-refractivity contribution in [2.45, 2.75) is 25.6 Å². The fraction of sp³-hybridized carbons (Fsp3) is 0.500.